The molecule has 1 N–H and O–H groups in total. The van der Waals surface area contributed by atoms with Gasteiger partial charge < -0.3 is 5.32 Å². The van der Waals surface area contributed by atoms with Crippen molar-refractivity contribution in [3.05, 3.63) is 15.6 Å². The average molecular weight is 250 g/mol. The average Bonchev–Trinajstić information content (AvgIpc) is 2.79. The highest BCUT2D eigenvalue weighted by Gasteiger charge is 2.46. The first-order valence-corrected chi connectivity index (χ1v) is 7.69. The lowest BCUT2D eigenvalue weighted by Crippen LogP contribution is -2.23. The van der Waals surface area contributed by atoms with Gasteiger partial charge in [-0.1, -0.05) is 12.8 Å². The summed E-state index contributed by atoms with van der Waals surface area (Å²) in [5.74, 6) is 0.776. The van der Waals surface area contributed by atoms with Crippen LogP contribution in [0.2, 0.25) is 0 Å². The molecule has 0 aliphatic heterocycles. The normalized spacial score (nSPS) is 23.2. The third-order valence-corrected chi connectivity index (χ3v) is 5.93. The molecule has 0 aromatic carbocycles. The van der Waals surface area contributed by atoms with Crippen LogP contribution in [0.25, 0.3) is 0 Å². The molecule has 0 amide bonds. The molecule has 2 nitrogen and oxygen atoms in total. The predicted octanol–water partition coefficient (Wildman–Crippen LogP) is 3.36. The van der Waals surface area contributed by atoms with Gasteiger partial charge in [0.25, 0.3) is 0 Å². The first-order chi connectivity index (χ1) is 8.25. The second-order valence-electron chi connectivity index (χ2n) is 5.76. The number of thiazole rings is 1. The topological polar surface area (TPSA) is 24.9 Å². The van der Waals surface area contributed by atoms with E-state index in [1.807, 2.05) is 11.3 Å². The molecular weight excluding hydrogens is 228 g/mol. The van der Waals surface area contributed by atoms with Crippen molar-refractivity contribution < 1.29 is 0 Å². The van der Waals surface area contributed by atoms with Crippen LogP contribution in [0, 0.1) is 6.92 Å². The Morgan fingerprint density at radius 3 is 2.65 bits per heavy atom. The van der Waals surface area contributed by atoms with E-state index in [1.54, 1.807) is 4.88 Å². The van der Waals surface area contributed by atoms with E-state index in [-0.39, 0.29) is 0 Å². The molecule has 3 rings (SSSR count). The molecule has 0 spiro atoms. The summed E-state index contributed by atoms with van der Waals surface area (Å²) < 4.78 is 0. The summed E-state index contributed by atoms with van der Waals surface area (Å²) in [7, 11) is 2.06. The van der Waals surface area contributed by atoms with Gasteiger partial charge in [0.05, 0.1) is 10.7 Å². The van der Waals surface area contributed by atoms with Gasteiger partial charge in [-0.05, 0) is 39.7 Å². The molecule has 0 saturated heterocycles. The van der Waals surface area contributed by atoms with E-state index in [2.05, 4.69) is 19.3 Å². The summed E-state index contributed by atoms with van der Waals surface area (Å²) in [5, 5.41) is 4.78. The molecule has 0 unspecified atom stereocenters. The molecule has 2 fully saturated rings. The summed E-state index contributed by atoms with van der Waals surface area (Å²) in [4.78, 5) is 6.45. The molecule has 17 heavy (non-hydrogen) atoms. The zero-order chi connectivity index (χ0) is 11.9. The quantitative estimate of drug-likeness (QED) is 0.886. The lowest BCUT2D eigenvalue weighted by molar-refractivity contribution is 0.629. The molecular formula is C14H22N2S. The second-order valence-corrected chi connectivity index (χ2v) is 6.79. The summed E-state index contributed by atoms with van der Waals surface area (Å²) in [5.41, 5.74) is 1.76. The molecule has 94 valence electrons. The van der Waals surface area contributed by atoms with E-state index in [1.165, 1.54) is 49.2 Å². The highest BCUT2D eigenvalue weighted by atomic mass is 32.1. The van der Waals surface area contributed by atoms with Gasteiger partial charge in [-0.15, -0.1) is 11.3 Å². The fraction of sp³-hybridized carbons (Fsp3) is 0.786. The first-order valence-electron chi connectivity index (χ1n) is 6.87. The monoisotopic (exact) mass is 250 g/mol. The predicted molar refractivity (Wildman–Crippen MR) is 72.9 cm³/mol. The van der Waals surface area contributed by atoms with Crippen molar-refractivity contribution in [3.63, 3.8) is 0 Å². The minimum Gasteiger partial charge on any atom is -0.319 e. The van der Waals surface area contributed by atoms with E-state index in [0.717, 1.165) is 12.5 Å². The van der Waals surface area contributed by atoms with Crippen molar-refractivity contribution in [2.24, 2.45) is 0 Å². The SMILES string of the molecule is CNCC1(c2sc(C3CCCC3)nc2C)CC1. The van der Waals surface area contributed by atoms with Gasteiger partial charge in [0.1, 0.15) is 0 Å². The first kappa shape index (κ1) is 11.7. The molecule has 2 aliphatic rings. The molecule has 2 saturated carbocycles. The molecule has 0 radical (unpaired) electrons. The highest BCUT2D eigenvalue weighted by Crippen LogP contribution is 2.52. The van der Waals surface area contributed by atoms with Gasteiger partial charge >= 0.3 is 0 Å². The maximum Gasteiger partial charge on any atom is 0.0962 e. The number of aromatic nitrogens is 1. The van der Waals surface area contributed by atoms with Crippen molar-refractivity contribution in [1.82, 2.24) is 10.3 Å². The Morgan fingerprint density at radius 2 is 2.06 bits per heavy atom. The van der Waals surface area contributed by atoms with Gasteiger partial charge in [-0.2, -0.15) is 0 Å². The number of aryl methyl sites for hydroxylation is 1. The van der Waals surface area contributed by atoms with Gasteiger partial charge in [-0.3, -0.25) is 0 Å². The molecule has 1 aromatic heterocycles. The molecule has 0 atom stereocenters. The molecule has 0 bridgehead atoms. The summed E-state index contributed by atoms with van der Waals surface area (Å²) in [6.45, 7) is 3.33. The number of likely N-dealkylation sites (N-methyl/N-ethyl adjacent to an activating group) is 1. The lowest BCUT2D eigenvalue weighted by atomic mass is 10.0. The van der Waals surface area contributed by atoms with Crippen molar-refractivity contribution in [1.29, 1.82) is 0 Å². The van der Waals surface area contributed by atoms with Crippen molar-refractivity contribution in [3.8, 4) is 0 Å². The maximum atomic E-state index is 4.87. The number of nitrogens with one attached hydrogen (secondary N) is 1. The maximum absolute atomic E-state index is 4.87. The fourth-order valence-electron chi connectivity index (χ4n) is 3.23. The van der Waals surface area contributed by atoms with Crippen molar-refractivity contribution >= 4 is 11.3 Å². The Hall–Kier alpha value is -0.410. The van der Waals surface area contributed by atoms with E-state index < -0.39 is 0 Å². The third kappa shape index (κ3) is 2.04. The van der Waals surface area contributed by atoms with E-state index in [9.17, 15) is 0 Å². The minimum atomic E-state index is 0.452. The summed E-state index contributed by atoms with van der Waals surface area (Å²) in [6.07, 6.45) is 8.24. The fourth-order valence-corrected chi connectivity index (χ4v) is 4.71. The van der Waals surface area contributed by atoms with Crippen LogP contribution in [0.5, 0.6) is 0 Å². The van der Waals surface area contributed by atoms with E-state index in [4.69, 9.17) is 4.98 Å². The van der Waals surface area contributed by atoms with Crippen LogP contribution in [-0.2, 0) is 5.41 Å². The van der Waals surface area contributed by atoms with Gasteiger partial charge in [0.2, 0.25) is 0 Å². The van der Waals surface area contributed by atoms with Crippen LogP contribution >= 0.6 is 11.3 Å². The van der Waals surface area contributed by atoms with Crippen LogP contribution in [0.15, 0.2) is 0 Å². The van der Waals surface area contributed by atoms with Crippen molar-refractivity contribution in [2.75, 3.05) is 13.6 Å². The standard InChI is InChI=1S/C14H22N2S/c1-10-12(14(7-8-14)9-15-2)17-13(16-10)11-5-3-4-6-11/h11,15H,3-9H2,1-2H3. The molecule has 1 aromatic rings. The molecule has 1 heterocycles. The Morgan fingerprint density at radius 1 is 1.35 bits per heavy atom. The van der Waals surface area contributed by atoms with Crippen LogP contribution in [0.1, 0.15) is 60.0 Å². The van der Waals surface area contributed by atoms with Crippen LogP contribution in [0.4, 0.5) is 0 Å². The van der Waals surface area contributed by atoms with Gasteiger partial charge in [0.15, 0.2) is 0 Å². The zero-order valence-electron chi connectivity index (χ0n) is 10.9. The minimum absolute atomic E-state index is 0.452. The number of hydrogen-bond donors (Lipinski definition) is 1. The van der Waals surface area contributed by atoms with Crippen LogP contribution in [0.3, 0.4) is 0 Å². The Bertz CT molecular complexity index is 400. The van der Waals surface area contributed by atoms with E-state index in [0.29, 0.717) is 5.41 Å². The van der Waals surface area contributed by atoms with Gasteiger partial charge in [0, 0.05) is 22.8 Å². The number of nitrogens with zero attached hydrogens (tertiary/aromatic N) is 1. The lowest BCUT2D eigenvalue weighted by Gasteiger charge is -2.12. The number of rotatable bonds is 4. The Kier molecular flexibility index (Phi) is 2.99. The number of hydrogen-bond acceptors (Lipinski definition) is 3. The Balaban J connectivity index is 1.85. The molecule has 3 heteroatoms. The highest BCUT2D eigenvalue weighted by molar-refractivity contribution is 7.12. The third-order valence-electron chi connectivity index (χ3n) is 4.37. The smallest absolute Gasteiger partial charge is 0.0962 e. The zero-order valence-corrected chi connectivity index (χ0v) is 11.7. The Labute approximate surface area is 108 Å². The van der Waals surface area contributed by atoms with E-state index >= 15 is 0 Å². The summed E-state index contributed by atoms with van der Waals surface area (Å²) in [6, 6.07) is 0. The second kappa shape index (κ2) is 4.36. The van der Waals surface area contributed by atoms with Crippen LogP contribution < -0.4 is 5.32 Å². The molecule has 2 aliphatic carbocycles. The van der Waals surface area contributed by atoms with Crippen molar-refractivity contribution in [2.45, 2.75) is 56.8 Å². The van der Waals surface area contributed by atoms with Gasteiger partial charge in [-0.25, -0.2) is 4.98 Å². The van der Waals surface area contributed by atoms with Crippen LogP contribution in [-0.4, -0.2) is 18.6 Å². The largest absolute Gasteiger partial charge is 0.319 e. The summed E-state index contributed by atoms with van der Waals surface area (Å²) >= 11 is 2.02.